The summed E-state index contributed by atoms with van der Waals surface area (Å²) < 4.78 is 11.1. The second-order valence-corrected chi connectivity index (χ2v) is 11.4. The first-order chi connectivity index (χ1) is 17.6. The number of alkyl carbamates (subject to hydrolysis) is 2. The number of rotatable bonds is 6. The summed E-state index contributed by atoms with van der Waals surface area (Å²) in [6.07, 6.45) is 1.04. The Labute approximate surface area is 216 Å². The molecule has 5 rings (SSSR count). The average Bonchev–Trinajstić information content (AvgIpc) is 3.25. The molecule has 3 unspecified atom stereocenters. The lowest BCUT2D eigenvalue weighted by atomic mass is 9.55. The van der Waals surface area contributed by atoms with Crippen LogP contribution in [-0.4, -0.2) is 47.6 Å². The molecule has 0 heterocycles. The van der Waals surface area contributed by atoms with Crippen molar-refractivity contribution in [2.24, 2.45) is 11.3 Å². The number of carboxylic acid groups (broad SMARTS) is 1. The minimum absolute atomic E-state index is 0.0637. The monoisotopic (exact) mass is 506 g/mol. The number of amides is 2. The molecule has 2 aromatic carbocycles. The lowest BCUT2D eigenvalue weighted by molar-refractivity contribution is -0.155. The Balaban J connectivity index is 1.27. The SMILES string of the molecule is CC(C)(C)OC(=O)NC1(C(=O)O)CCC2CCC21CNC(=O)OCC1c2ccccc2-c2ccccc21. The molecule has 0 radical (unpaired) electrons. The van der Waals surface area contributed by atoms with E-state index in [4.69, 9.17) is 9.47 Å². The number of nitrogens with one attached hydrogen (secondary N) is 2. The fourth-order valence-electron chi connectivity index (χ4n) is 6.62. The highest BCUT2D eigenvalue weighted by Gasteiger charge is 2.69. The molecular weight excluding hydrogens is 472 g/mol. The molecule has 0 aromatic heterocycles. The normalized spacial score (nSPS) is 25.8. The zero-order valence-electron chi connectivity index (χ0n) is 21.5. The van der Waals surface area contributed by atoms with Gasteiger partial charge in [-0.2, -0.15) is 0 Å². The third-order valence-electron chi connectivity index (χ3n) is 8.41. The van der Waals surface area contributed by atoms with Gasteiger partial charge in [0.2, 0.25) is 0 Å². The first-order valence-electron chi connectivity index (χ1n) is 12.9. The number of carboxylic acids is 1. The summed E-state index contributed by atoms with van der Waals surface area (Å²) in [7, 11) is 0. The number of benzene rings is 2. The summed E-state index contributed by atoms with van der Waals surface area (Å²) in [5.41, 5.74) is 1.49. The number of hydrogen-bond acceptors (Lipinski definition) is 5. The van der Waals surface area contributed by atoms with Gasteiger partial charge < -0.3 is 25.2 Å². The third kappa shape index (κ3) is 4.22. The summed E-state index contributed by atoms with van der Waals surface area (Å²) in [5, 5.41) is 15.8. The molecule has 2 amide bonds. The number of hydrogen-bond donors (Lipinski definition) is 3. The van der Waals surface area contributed by atoms with Gasteiger partial charge in [0, 0.05) is 17.9 Å². The molecule has 0 spiro atoms. The van der Waals surface area contributed by atoms with Crippen molar-refractivity contribution in [3.8, 4) is 11.1 Å². The van der Waals surface area contributed by atoms with Crippen LogP contribution in [0.15, 0.2) is 48.5 Å². The van der Waals surface area contributed by atoms with E-state index in [2.05, 4.69) is 34.9 Å². The predicted molar refractivity (Wildman–Crippen MR) is 137 cm³/mol. The van der Waals surface area contributed by atoms with Crippen molar-refractivity contribution in [1.82, 2.24) is 10.6 Å². The molecule has 2 saturated carbocycles. The second-order valence-electron chi connectivity index (χ2n) is 11.4. The first-order valence-corrected chi connectivity index (χ1v) is 12.9. The first kappa shape index (κ1) is 25.1. The van der Waals surface area contributed by atoms with Crippen LogP contribution in [-0.2, 0) is 14.3 Å². The van der Waals surface area contributed by atoms with Crippen molar-refractivity contribution in [2.75, 3.05) is 13.2 Å². The van der Waals surface area contributed by atoms with Crippen LogP contribution in [0.3, 0.4) is 0 Å². The van der Waals surface area contributed by atoms with Crippen molar-refractivity contribution in [2.45, 2.75) is 63.5 Å². The molecule has 8 heteroatoms. The predicted octanol–water partition coefficient (Wildman–Crippen LogP) is 5.06. The van der Waals surface area contributed by atoms with Crippen LogP contribution >= 0.6 is 0 Å². The van der Waals surface area contributed by atoms with Crippen molar-refractivity contribution < 1.29 is 29.0 Å². The highest BCUT2D eigenvalue weighted by molar-refractivity contribution is 5.87. The molecule has 196 valence electrons. The Morgan fingerprint density at radius 2 is 1.54 bits per heavy atom. The van der Waals surface area contributed by atoms with Crippen LogP contribution in [0.25, 0.3) is 11.1 Å². The zero-order valence-corrected chi connectivity index (χ0v) is 21.5. The molecular formula is C29H34N2O6. The molecule has 0 aliphatic heterocycles. The minimum Gasteiger partial charge on any atom is -0.479 e. The maximum atomic E-state index is 12.9. The summed E-state index contributed by atoms with van der Waals surface area (Å²) in [4.78, 5) is 38.1. The molecule has 3 aliphatic carbocycles. The summed E-state index contributed by atoms with van der Waals surface area (Å²) in [6, 6.07) is 16.2. The molecule has 3 aliphatic rings. The summed E-state index contributed by atoms with van der Waals surface area (Å²) >= 11 is 0. The highest BCUT2D eigenvalue weighted by atomic mass is 16.6. The van der Waals surface area contributed by atoms with E-state index in [-0.39, 0.29) is 25.0 Å². The molecule has 0 bridgehead atoms. The Morgan fingerprint density at radius 3 is 2.08 bits per heavy atom. The molecule has 8 nitrogen and oxygen atoms in total. The van der Waals surface area contributed by atoms with Gasteiger partial charge >= 0.3 is 18.2 Å². The Bertz CT molecular complexity index is 1190. The van der Waals surface area contributed by atoms with Gasteiger partial charge in [-0.05, 0) is 74.6 Å². The number of carbonyl (C=O) groups excluding carboxylic acids is 2. The van der Waals surface area contributed by atoms with Gasteiger partial charge in [0.25, 0.3) is 0 Å². The lowest BCUT2D eigenvalue weighted by Crippen LogP contribution is -2.69. The second kappa shape index (κ2) is 9.08. The molecule has 3 atom stereocenters. The van der Waals surface area contributed by atoms with Gasteiger partial charge in [-0.1, -0.05) is 48.5 Å². The van der Waals surface area contributed by atoms with E-state index in [1.165, 1.54) is 0 Å². The Morgan fingerprint density at radius 1 is 0.946 bits per heavy atom. The molecule has 0 saturated heterocycles. The van der Waals surface area contributed by atoms with Crippen LogP contribution in [0.5, 0.6) is 0 Å². The van der Waals surface area contributed by atoms with Gasteiger partial charge in [0.1, 0.15) is 17.7 Å². The molecule has 2 fully saturated rings. The number of carbonyl (C=O) groups is 3. The average molecular weight is 507 g/mol. The van der Waals surface area contributed by atoms with Gasteiger partial charge in [0.05, 0.1) is 0 Å². The fourth-order valence-corrected chi connectivity index (χ4v) is 6.62. The maximum Gasteiger partial charge on any atom is 0.408 e. The fraction of sp³-hybridized carbons (Fsp3) is 0.483. The highest BCUT2D eigenvalue weighted by Crippen LogP contribution is 2.62. The Hall–Kier alpha value is -3.55. The third-order valence-corrected chi connectivity index (χ3v) is 8.41. The van der Waals surface area contributed by atoms with E-state index in [0.717, 1.165) is 28.7 Å². The quantitative estimate of drug-likeness (QED) is 0.504. The van der Waals surface area contributed by atoms with Crippen molar-refractivity contribution in [3.63, 3.8) is 0 Å². The number of fused-ring (bicyclic) bond motifs is 4. The van der Waals surface area contributed by atoms with Crippen LogP contribution in [0.4, 0.5) is 9.59 Å². The van der Waals surface area contributed by atoms with E-state index >= 15 is 0 Å². The van der Waals surface area contributed by atoms with Gasteiger partial charge in [-0.25, -0.2) is 14.4 Å². The molecule has 37 heavy (non-hydrogen) atoms. The van der Waals surface area contributed by atoms with Crippen LogP contribution in [0, 0.1) is 11.3 Å². The van der Waals surface area contributed by atoms with Crippen molar-refractivity contribution in [1.29, 1.82) is 0 Å². The molecule has 3 N–H and O–H groups in total. The van der Waals surface area contributed by atoms with E-state index in [1.807, 2.05) is 24.3 Å². The smallest absolute Gasteiger partial charge is 0.408 e. The number of aliphatic carboxylic acids is 1. The minimum atomic E-state index is -1.51. The van der Waals surface area contributed by atoms with Gasteiger partial charge in [-0.15, -0.1) is 0 Å². The van der Waals surface area contributed by atoms with Gasteiger partial charge in [-0.3, -0.25) is 0 Å². The van der Waals surface area contributed by atoms with Crippen molar-refractivity contribution >= 4 is 18.2 Å². The Kier molecular flexibility index (Phi) is 6.16. The number of ether oxygens (including phenoxy) is 2. The van der Waals surface area contributed by atoms with Gasteiger partial charge in [0.15, 0.2) is 0 Å². The largest absolute Gasteiger partial charge is 0.479 e. The van der Waals surface area contributed by atoms with Crippen molar-refractivity contribution in [3.05, 3.63) is 59.7 Å². The van der Waals surface area contributed by atoms with E-state index in [0.29, 0.717) is 19.3 Å². The molecule has 2 aromatic rings. The topological polar surface area (TPSA) is 114 Å². The van der Waals surface area contributed by atoms with E-state index in [9.17, 15) is 19.5 Å². The van der Waals surface area contributed by atoms with Crippen LogP contribution in [0.2, 0.25) is 0 Å². The lowest BCUT2D eigenvalue weighted by Gasteiger charge is -2.53. The summed E-state index contributed by atoms with van der Waals surface area (Å²) in [6.45, 7) is 5.48. The van der Waals surface area contributed by atoms with Crippen LogP contribution < -0.4 is 10.6 Å². The van der Waals surface area contributed by atoms with E-state index < -0.39 is 34.7 Å². The summed E-state index contributed by atoms with van der Waals surface area (Å²) in [5.74, 6) is -1.08. The maximum absolute atomic E-state index is 12.9. The standard InChI is InChI=1S/C29H34N2O6/c1-27(2,3)37-26(35)31-29(24(32)33)15-13-18-12-14-28(18,29)17-30-25(34)36-16-23-21-10-6-4-8-19(21)20-9-5-7-11-22(20)23/h4-11,18,23H,12-17H2,1-3H3,(H,30,34)(H,31,35)(H,32,33). The zero-order chi connectivity index (χ0) is 26.4. The van der Waals surface area contributed by atoms with E-state index in [1.54, 1.807) is 20.8 Å². The van der Waals surface area contributed by atoms with Crippen LogP contribution in [0.1, 0.15) is 63.5 Å².